The van der Waals surface area contributed by atoms with E-state index < -0.39 is 0 Å². The summed E-state index contributed by atoms with van der Waals surface area (Å²) in [6.45, 7) is 6.80. The van der Waals surface area contributed by atoms with Gasteiger partial charge in [-0.2, -0.15) is 0 Å². The number of carbonyl (C=O) groups excluding carboxylic acids is 2. The first-order valence-electron chi connectivity index (χ1n) is 8.93. The third-order valence-electron chi connectivity index (χ3n) is 4.67. The molecule has 5 heteroatoms. The summed E-state index contributed by atoms with van der Waals surface area (Å²) >= 11 is 0. The van der Waals surface area contributed by atoms with Crippen molar-refractivity contribution < 1.29 is 9.59 Å². The van der Waals surface area contributed by atoms with Crippen molar-refractivity contribution in [1.29, 1.82) is 0 Å². The predicted octanol–water partition coefficient (Wildman–Crippen LogP) is 3.27. The van der Waals surface area contributed by atoms with Crippen molar-refractivity contribution in [2.24, 2.45) is 11.8 Å². The number of carbonyl (C=O) groups is 2. The molecule has 2 unspecified atom stereocenters. The molecule has 2 amide bonds. The SMILES string of the molecule is CC(C)(C)c1ccccc1NC(=O)C1CC1C(=O)NCc1ccncc1. The highest BCUT2D eigenvalue weighted by Gasteiger charge is 2.48. The Morgan fingerprint density at radius 1 is 1.04 bits per heavy atom. The van der Waals surface area contributed by atoms with E-state index in [-0.39, 0.29) is 29.1 Å². The number of aromatic nitrogens is 1. The molecule has 1 aliphatic rings. The smallest absolute Gasteiger partial charge is 0.228 e. The van der Waals surface area contributed by atoms with E-state index in [1.54, 1.807) is 12.4 Å². The standard InChI is InChI=1S/C21H25N3O2/c1-21(2,3)17-6-4-5-7-18(17)24-20(26)16-12-15(16)19(25)23-13-14-8-10-22-11-9-14/h4-11,15-16H,12-13H2,1-3H3,(H,23,25)(H,24,26). The van der Waals surface area contributed by atoms with E-state index >= 15 is 0 Å². The Morgan fingerprint density at radius 2 is 1.69 bits per heavy atom. The molecule has 0 aliphatic heterocycles. The molecule has 3 rings (SSSR count). The fourth-order valence-electron chi connectivity index (χ4n) is 3.07. The largest absolute Gasteiger partial charge is 0.352 e. The highest BCUT2D eigenvalue weighted by molar-refractivity contribution is 6.00. The number of nitrogens with one attached hydrogen (secondary N) is 2. The van der Waals surface area contributed by atoms with Gasteiger partial charge in [-0.25, -0.2) is 0 Å². The molecular weight excluding hydrogens is 326 g/mol. The number of amides is 2. The van der Waals surface area contributed by atoms with Crippen LogP contribution in [0.15, 0.2) is 48.8 Å². The molecule has 1 heterocycles. The summed E-state index contributed by atoms with van der Waals surface area (Å²) in [5.41, 5.74) is 2.85. The number of anilines is 1. The van der Waals surface area contributed by atoms with Gasteiger partial charge in [-0.1, -0.05) is 39.0 Å². The lowest BCUT2D eigenvalue weighted by molar-refractivity contribution is -0.125. The van der Waals surface area contributed by atoms with Crippen molar-refractivity contribution in [3.8, 4) is 0 Å². The lowest BCUT2D eigenvalue weighted by Gasteiger charge is -2.23. The van der Waals surface area contributed by atoms with Gasteiger partial charge in [0, 0.05) is 24.6 Å². The Hall–Kier alpha value is -2.69. The van der Waals surface area contributed by atoms with Gasteiger partial charge in [-0.05, 0) is 41.2 Å². The van der Waals surface area contributed by atoms with Crippen molar-refractivity contribution in [2.75, 3.05) is 5.32 Å². The second kappa shape index (κ2) is 7.28. The van der Waals surface area contributed by atoms with Gasteiger partial charge in [0.05, 0.1) is 11.8 Å². The monoisotopic (exact) mass is 351 g/mol. The summed E-state index contributed by atoms with van der Waals surface area (Å²) in [5, 5.41) is 5.91. The van der Waals surface area contributed by atoms with Gasteiger partial charge in [-0.15, -0.1) is 0 Å². The molecule has 0 spiro atoms. The molecule has 1 saturated carbocycles. The van der Waals surface area contributed by atoms with Crippen LogP contribution in [0, 0.1) is 11.8 Å². The molecule has 1 aromatic carbocycles. The number of pyridine rings is 1. The lowest BCUT2D eigenvalue weighted by atomic mass is 9.86. The van der Waals surface area contributed by atoms with E-state index in [0.29, 0.717) is 13.0 Å². The number of rotatable bonds is 5. The predicted molar refractivity (Wildman–Crippen MR) is 101 cm³/mol. The average molecular weight is 351 g/mol. The second-order valence-corrected chi connectivity index (χ2v) is 7.81. The highest BCUT2D eigenvalue weighted by atomic mass is 16.2. The van der Waals surface area contributed by atoms with Crippen LogP contribution in [0.2, 0.25) is 0 Å². The minimum absolute atomic E-state index is 0.0608. The number of benzene rings is 1. The summed E-state index contributed by atoms with van der Waals surface area (Å²) in [6, 6.07) is 11.6. The minimum atomic E-state index is -0.250. The zero-order chi connectivity index (χ0) is 18.7. The van der Waals surface area contributed by atoms with Crippen LogP contribution in [0.4, 0.5) is 5.69 Å². The number of hydrogen-bond donors (Lipinski definition) is 2. The van der Waals surface area contributed by atoms with Gasteiger partial charge in [0.1, 0.15) is 0 Å². The summed E-state index contributed by atoms with van der Waals surface area (Å²) in [6.07, 6.45) is 3.99. The fraction of sp³-hybridized carbons (Fsp3) is 0.381. The Labute approximate surface area is 154 Å². The van der Waals surface area contributed by atoms with Gasteiger partial charge in [0.2, 0.25) is 11.8 Å². The van der Waals surface area contributed by atoms with Gasteiger partial charge in [0.25, 0.3) is 0 Å². The van der Waals surface area contributed by atoms with Crippen LogP contribution >= 0.6 is 0 Å². The summed E-state index contributed by atoms with van der Waals surface area (Å²) in [7, 11) is 0. The van der Waals surface area contributed by atoms with Gasteiger partial charge < -0.3 is 10.6 Å². The first kappa shape index (κ1) is 18.1. The highest BCUT2D eigenvalue weighted by Crippen LogP contribution is 2.40. The molecule has 1 aliphatic carbocycles. The Bertz CT molecular complexity index is 796. The topological polar surface area (TPSA) is 71.1 Å². The summed E-state index contributed by atoms with van der Waals surface area (Å²) in [4.78, 5) is 28.8. The molecular formula is C21H25N3O2. The number of hydrogen-bond acceptors (Lipinski definition) is 3. The summed E-state index contributed by atoms with van der Waals surface area (Å²) < 4.78 is 0. The van der Waals surface area contributed by atoms with Crippen molar-refractivity contribution in [3.05, 3.63) is 59.9 Å². The van der Waals surface area contributed by atoms with Crippen molar-refractivity contribution >= 4 is 17.5 Å². The molecule has 2 atom stereocenters. The van der Waals surface area contributed by atoms with Crippen molar-refractivity contribution in [2.45, 2.75) is 39.2 Å². The zero-order valence-corrected chi connectivity index (χ0v) is 15.5. The molecule has 26 heavy (non-hydrogen) atoms. The third-order valence-corrected chi connectivity index (χ3v) is 4.67. The average Bonchev–Trinajstić information content (AvgIpc) is 3.41. The fourth-order valence-corrected chi connectivity index (χ4v) is 3.07. The molecule has 1 fully saturated rings. The first-order chi connectivity index (χ1) is 12.4. The molecule has 136 valence electrons. The summed E-state index contributed by atoms with van der Waals surface area (Å²) in [5.74, 6) is -0.629. The van der Waals surface area contributed by atoms with Crippen LogP contribution in [0.3, 0.4) is 0 Å². The van der Waals surface area contributed by atoms with Gasteiger partial charge in [0.15, 0.2) is 0 Å². The molecule has 0 bridgehead atoms. The van der Waals surface area contributed by atoms with Crippen LogP contribution in [0.25, 0.3) is 0 Å². The Balaban J connectivity index is 1.56. The lowest BCUT2D eigenvalue weighted by Crippen LogP contribution is -2.27. The normalized spacial score (nSPS) is 18.9. The zero-order valence-electron chi connectivity index (χ0n) is 15.5. The Kier molecular flexibility index (Phi) is 5.07. The van der Waals surface area contributed by atoms with Crippen LogP contribution in [-0.2, 0) is 21.5 Å². The third kappa shape index (κ3) is 4.28. The van der Waals surface area contributed by atoms with Crippen molar-refractivity contribution in [1.82, 2.24) is 10.3 Å². The van der Waals surface area contributed by atoms with Crippen LogP contribution in [0.5, 0.6) is 0 Å². The van der Waals surface area contributed by atoms with Crippen molar-refractivity contribution in [3.63, 3.8) is 0 Å². The van der Waals surface area contributed by atoms with E-state index in [4.69, 9.17) is 0 Å². The van der Waals surface area contributed by atoms with Crippen LogP contribution in [-0.4, -0.2) is 16.8 Å². The van der Waals surface area contributed by atoms with Gasteiger partial charge >= 0.3 is 0 Å². The van der Waals surface area contributed by atoms with E-state index in [1.165, 1.54) is 0 Å². The quantitative estimate of drug-likeness (QED) is 0.868. The first-order valence-corrected chi connectivity index (χ1v) is 8.93. The van der Waals surface area contributed by atoms with E-state index in [1.807, 2.05) is 36.4 Å². The Morgan fingerprint density at radius 3 is 2.38 bits per heavy atom. The molecule has 5 nitrogen and oxygen atoms in total. The van der Waals surface area contributed by atoms with Gasteiger partial charge in [-0.3, -0.25) is 14.6 Å². The minimum Gasteiger partial charge on any atom is -0.352 e. The molecule has 0 radical (unpaired) electrons. The van der Waals surface area contributed by atoms with E-state index in [0.717, 1.165) is 16.8 Å². The van der Waals surface area contributed by atoms with E-state index in [9.17, 15) is 9.59 Å². The number of nitrogens with zero attached hydrogens (tertiary/aromatic N) is 1. The van der Waals surface area contributed by atoms with Crippen LogP contribution in [0.1, 0.15) is 38.3 Å². The maximum atomic E-state index is 12.5. The molecule has 0 saturated heterocycles. The molecule has 1 aromatic heterocycles. The molecule has 2 N–H and O–H groups in total. The van der Waals surface area contributed by atoms with Crippen LogP contribution < -0.4 is 10.6 Å². The maximum absolute atomic E-state index is 12.5. The maximum Gasteiger partial charge on any atom is 0.228 e. The van der Waals surface area contributed by atoms with E-state index in [2.05, 4.69) is 36.4 Å². The second-order valence-electron chi connectivity index (χ2n) is 7.81. The molecule has 2 aromatic rings. The number of para-hydroxylation sites is 1.